The number of allylic oxidation sites excluding steroid dienone is 1. The maximum atomic E-state index is 14.3. The molecule has 0 bridgehead atoms. The third kappa shape index (κ3) is 6.99. The van der Waals surface area contributed by atoms with E-state index in [4.69, 9.17) is 81.2 Å². The molecule has 0 amide bonds. The van der Waals surface area contributed by atoms with Crippen molar-refractivity contribution in [2.45, 2.75) is 29.5 Å². The summed E-state index contributed by atoms with van der Waals surface area (Å²) in [5.74, 6) is 0. The highest BCUT2D eigenvalue weighted by atomic mass is 127. The summed E-state index contributed by atoms with van der Waals surface area (Å²) in [5, 5.41) is -1.50. The summed E-state index contributed by atoms with van der Waals surface area (Å²) in [6.07, 6.45) is -1.66. The number of halogens is 17. The minimum atomic E-state index is -3.05. The van der Waals surface area contributed by atoms with Gasteiger partial charge in [-0.05, 0) is 0 Å². The highest BCUT2D eigenvalue weighted by molar-refractivity contribution is 14.2. The van der Waals surface area contributed by atoms with Crippen molar-refractivity contribution in [1.29, 1.82) is 0 Å². The predicted octanol–water partition coefficient (Wildman–Crippen LogP) is 11.2. The van der Waals surface area contributed by atoms with E-state index in [0.29, 0.717) is 6.08 Å². The Morgan fingerprint density at radius 3 is 1.56 bits per heavy atom. The summed E-state index contributed by atoms with van der Waals surface area (Å²) in [7, 11) is 0. The van der Waals surface area contributed by atoms with E-state index in [9.17, 15) is 13.2 Å². The molecule has 0 nitrogen and oxygen atoms in total. The first-order valence-corrected chi connectivity index (χ1v) is 15.3. The van der Waals surface area contributed by atoms with E-state index in [2.05, 4.69) is 47.8 Å². The fourth-order valence-corrected chi connectivity index (χ4v) is 11.9. The molecule has 0 aromatic heterocycles. The Morgan fingerprint density at radius 2 is 1.26 bits per heavy atom. The lowest BCUT2D eigenvalue weighted by molar-refractivity contribution is 0.346. The van der Waals surface area contributed by atoms with E-state index in [-0.39, 0.29) is 0 Å². The first-order chi connectivity index (χ1) is 11.5. The van der Waals surface area contributed by atoms with Gasteiger partial charge in [0.25, 0.3) is 10.7 Å². The molecule has 0 aliphatic rings. The third-order valence-corrected chi connectivity index (χ3v) is 26.7. The Kier molecular flexibility index (Phi) is 13.8. The average Bonchev–Trinajstić information content (AvgIpc) is 2.43. The van der Waals surface area contributed by atoms with Crippen molar-refractivity contribution in [1.82, 2.24) is 0 Å². The van der Waals surface area contributed by atoms with E-state index in [1.54, 1.807) is 45.2 Å². The molecule has 2 atom stereocenters. The number of hydrogen-bond acceptors (Lipinski definition) is 0. The number of rotatable bonds is 8. The second-order valence-corrected chi connectivity index (χ2v) is 24.3. The van der Waals surface area contributed by atoms with Crippen molar-refractivity contribution in [3.63, 3.8) is 0 Å². The van der Waals surface area contributed by atoms with Crippen molar-refractivity contribution in [2.24, 2.45) is 0 Å². The molecule has 0 aliphatic heterocycles. The molecule has 0 rings (SSSR count). The standard InChI is InChI=1S/C10H3Br3Cl7F3I4/c11-4(5(15,16)2(14)1-3(21)22)6(12,13)8(24,25)9(26,27)7(17,18)10(19,20)23/h1-2,4H. The Morgan fingerprint density at radius 1 is 0.889 bits per heavy atom. The van der Waals surface area contributed by atoms with E-state index >= 15 is 0 Å². The molecule has 0 saturated carbocycles. The predicted molar refractivity (Wildman–Crippen MR) is 159 cm³/mol. The summed E-state index contributed by atoms with van der Waals surface area (Å²) in [6, 6.07) is 0. The van der Waals surface area contributed by atoms with Gasteiger partial charge in [0.1, 0.15) is 6.09 Å². The summed E-state index contributed by atoms with van der Waals surface area (Å²) in [6.45, 7) is 0. The summed E-state index contributed by atoms with van der Waals surface area (Å²) in [4.78, 5) is -1.06. The molecule has 0 heterocycles. The summed E-state index contributed by atoms with van der Waals surface area (Å²) < 4.78 is 28.1. The van der Waals surface area contributed by atoms with Crippen LogP contribution in [0.3, 0.4) is 0 Å². The monoisotopic (exact) mass is 1170 g/mol. The van der Waals surface area contributed by atoms with Gasteiger partial charge in [-0.15, -0.1) is 11.6 Å². The second-order valence-electron chi connectivity index (χ2n) is 4.74. The minimum Gasteiger partial charge on any atom is -0.205 e. The van der Waals surface area contributed by atoms with Crippen LogP contribution in [0.1, 0.15) is 0 Å². The normalized spacial score (nSPS) is 17.5. The lowest BCUT2D eigenvalue weighted by Gasteiger charge is -2.52. The molecule has 0 fully saturated rings. The van der Waals surface area contributed by atoms with Gasteiger partial charge in [0.15, 0.2) is 4.33 Å². The van der Waals surface area contributed by atoms with Gasteiger partial charge in [-0.25, -0.2) is 4.39 Å². The second kappa shape index (κ2) is 11.3. The Bertz CT molecular complexity index is 583. The third-order valence-electron chi connectivity index (χ3n) is 2.86. The zero-order valence-corrected chi connectivity index (χ0v) is 30.3. The molecular weight excluding hydrogens is 1170 g/mol. The first kappa shape index (κ1) is 32.9. The lowest BCUT2D eigenvalue weighted by atomic mass is 10.1. The van der Waals surface area contributed by atoms with Crippen LogP contribution in [0, 0.1) is 0 Å². The van der Waals surface area contributed by atoms with Gasteiger partial charge in [0, 0.05) is 6.08 Å². The maximum absolute atomic E-state index is 14.3. The molecule has 0 radical (unpaired) electrons. The van der Waals surface area contributed by atoms with Gasteiger partial charge in [-0.3, -0.25) is 0 Å². The smallest absolute Gasteiger partial charge is 0.205 e. The number of hydrogen-bond donors (Lipinski definition) is 0. The quantitative estimate of drug-likeness (QED) is 0.168. The summed E-state index contributed by atoms with van der Waals surface area (Å²) in [5.41, 5.74) is 0. The van der Waals surface area contributed by atoms with Crippen molar-refractivity contribution < 1.29 is 13.2 Å². The topological polar surface area (TPSA) is 0 Å². The van der Waals surface area contributed by atoms with E-state index in [0.717, 1.165) is 0 Å². The van der Waals surface area contributed by atoms with Gasteiger partial charge in [-0.2, -0.15) is 8.78 Å². The molecule has 0 aliphatic carbocycles. The van der Waals surface area contributed by atoms with Crippen molar-refractivity contribution in [2.75, 3.05) is 0 Å². The van der Waals surface area contributed by atoms with E-state index in [1.165, 1.54) is 0 Å². The fourth-order valence-electron chi connectivity index (χ4n) is 1.35. The van der Waals surface area contributed by atoms with Crippen LogP contribution < -0.4 is 0 Å². The molecule has 2 unspecified atom stereocenters. The van der Waals surface area contributed by atoms with Crippen LogP contribution >= 0.6 is 219 Å². The van der Waals surface area contributed by atoms with Gasteiger partial charge in [0.05, 0.1) is 10.2 Å². The van der Waals surface area contributed by atoms with Crippen LogP contribution in [0.2, 0.25) is 0 Å². The molecule has 0 aromatic carbocycles. The van der Waals surface area contributed by atoms with Crippen LogP contribution in [-0.4, -0.2) is 29.5 Å². The Balaban J connectivity index is 6.29. The van der Waals surface area contributed by atoms with Gasteiger partial charge in [0.2, 0.25) is 4.33 Å². The molecule has 162 valence electrons. The van der Waals surface area contributed by atoms with Crippen LogP contribution in [0.25, 0.3) is 0 Å². The van der Waals surface area contributed by atoms with E-state index < -0.39 is 35.6 Å². The Labute approximate surface area is 269 Å². The molecule has 0 spiro atoms. The Hall–Kier alpha value is 5.92. The molecule has 17 heteroatoms. The average molecular weight is 1180 g/mol. The lowest BCUT2D eigenvalue weighted by Crippen LogP contribution is -2.64. The van der Waals surface area contributed by atoms with Crippen LogP contribution in [-0.2, 0) is 0 Å². The first-order valence-electron chi connectivity index (χ1n) is 5.76. The van der Waals surface area contributed by atoms with Crippen molar-refractivity contribution >= 4 is 219 Å². The fraction of sp³-hybridized carbons (Fsp3) is 0.800. The number of alkyl halides is 15. The highest BCUT2D eigenvalue weighted by Crippen LogP contribution is 2.72. The molecular formula is C10H3Br3Cl7F3I4. The van der Waals surface area contributed by atoms with Gasteiger partial charge < -0.3 is 0 Å². The SMILES string of the molecule is FC(F)=CC(Cl)C(Cl)(Cl)C(Br)C(Br)(Br)C(I)(I)C(I)(I)C(Cl)(Cl)C(F)(Cl)Cl. The largest absolute Gasteiger partial charge is 0.292 e. The summed E-state index contributed by atoms with van der Waals surface area (Å²) >= 11 is 59.4. The zero-order valence-electron chi connectivity index (χ0n) is 11.7. The van der Waals surface area contributed by atoms with Crippen LogP contribution in [0.4, 0.5) is 13.2 Å². The molecule has 0 aromatic rings. The molecule has 0 N–H and O–H groups in total. The molecule has 27 heavy (non-hydrogen) atoms. The van der Waals surface area contributed by atoms with Crippen molar-refractivity contribution in [3.8, 4) is 0 Å². The van der Waals surface area contributed by atoms with Crippen LogP contribution in [0.5, 0.6) is 0 Å². The van der Waals surface area contributed by atoms with E-state index in [1.807, 2.05) is 45.2 Å². The maximum Gasteiger partial charge on any atom is 0.292 e. The minimum absolute atomic E-state index is 0.396. The zero-order chi connectivity index (χ0) is 22.4. The highest BCUT2D eigenvalue weighted by Gasteiger charge is 2.74. The van der Waals surface area contributed by atoms with Crippen LogP contribution in [0.15, 0.2) is 12.2 Å². The van der Waals surface area contributed by atoms with Gasteiger partial charge >= 0.3 is 0 Å². The van der Waals surface area contributed by atoms with Gasteiger partial charge in [-0.1, -0.05) is 208 Å². The molecule has 0 saturated heterocycles. The van der Waals surface area contributed by atoms with Crippen molar-refractivity contribution in [3.05, 3.63) is 12.2 Å².